The Morgan fingerprint density at radius 3 is 2.76 bits per heavy atom. The van der Waals surface area contributed by atoms with Crippen LogP contribution in [0.5, 0.6) is 0 Å². The molecule has 0 radical (unpaired) electrons. The minimum atomic E-state index is -0.121. The Morgan fingerprint density at radius 2 is 2.04 bits per heavy atom. The van der Waals surface area contributed by atoms with E-state index in [9.17, 15) is 9.59 Å². The number of carbonyl (C=O) groups excluding carboxylic acids is 2. The van der Waals surface area contributed by atoms with Gasteiger partial charge in [-0.3, -0.25) is 14.4 Å². The number of fused-ring (bicyclic) bond motifs is 1. The first-order valence-electron chi connectivity index (χ1n) is 9.07. The summed E-state index contributed by atoms with van der Waals surface area (Å²) in [4.78, 5) is 27.7. The SMILES string of the molecule is CC(=O)N1CCN(CCNC(=O)NC2CCCc3c2cnn3C)CC1. The Bertz CT molecular complexity index is 621. The van der Waals surface area contributed by atoms with Gasteiger partial charge in [0, 0.05) is 64.5 Å². The van der Waals surface area contributed by atoms with Gasteiger partial charge in [-0.1, -0.05) is 0 Å². The molecule has 1 aliphatic carbocycles. The smallest absolute Gasteiger partial charge is 0.315 e. The molecule has 0 spiro atoms. The van der Waals surface area contributed by atoms with Crippen molar-refractivity contribution in [3.63, 3.8) is 0 Å². The number of nitrogens with one attached hydrogen (secondary N) is 2. The third kappa shape index (κ3) is 4.31. The lowest BCUT2D eigenvalue weighted by atomic mass is 9.93. The third-order valence-electron chi connectivity index (χ3n) is 5.21. The molecule has 3 amide bonds. The monoisotopic (exact) mass is 348 g/mol. The molecular formula is C17H28N6O2. The maximum absolute atomic E-state index is 12.2. The van der Waals surface area contributed by atoms with Crippen LogP contribution in [0.3, 0.4) is 0 Å². The molecule has 1 fully saturated rings. The van der Waals surface area contributed by atoms with Crippen molar-refractivity contribution in [2.75, 3.05) is 39.3 Å². The summed E-state index contributed by atoms with van der Waals surface area (Å²) in [5, 5.41) is 10.3. The lowest BCUT2D eigenvalue weighted by molar-refractivity contribution is -0.130. The van der Waals surface area contributed by atoms with E-state index in [1.165, 1.54) is 5.69 Å². The number of piperazine rings is 1. The molecular weight excluding hydrogens is 320 g/mol. The molecule has 8 heteroatoms. The van der Waals surface area contributed by atoms with Crippen molar-refractivity contribution in [3.05, 3.63) is 17.5 Å². The fourth-order valence-electron chi connectivity index (χ4n) is 3.68. The average Bonchev–Trinajstić information content (AvgIpc) is 2.98. The van der Waals surface area contributed by atoms with Gasteiger partial charge in [0.05, 0.1) is 12.2 Å². The number of urea groups is 1. The largest absolute Gasteiger partial charge is 0.340 e. The lowest BCUT2D eigenvalue weighted by Gasteiger charge is -2.34. The average molecular weight is 348 g/mol. The molecule has 1 aromatic rings. The summed E-state index contributed by atoms with van der Waals surface area (Å²) in [6.07, 6.45) is 4.92. The van der Waals surface area contributed by atoms with Crippen molar-refractivity contribution in [1.82, 2.24) is 30.2 Å². The first kappa shape index (κ1) is 17.7. The van der Waals surface area contributed by atoms with E-state index in [2.05, 4.69) is 20.6 Å². The van der Waals surface area contributed by atoms with E-state index < -0.39 is 0 Å². The first-order valence-corrected chi connectivity index (χ1v) is 9.07. The molecule has 1 aliphatic heterocycles. The number of nitrogens with zero attached hydrogens (tertiary/aromatic N) is 4. The van der Waals surface area contributed by atoms with Crippen LogP contribution >= 0.6 is 0 Å². The van der Waals surface area contributed by atoms with Gasteiger partial charge < -0.3 is 15.5 Å². The Balaban J connectivity index is 1.39. The summed E-state index contributed by atoms with van der Waals surface area (Å²) >= 11 is 0. The first-order chi connectivity index (χ1) is 12.0. The molecule has 0 aromatic carbocycles. The molecule has 8 nitrogen and oxygen atoms in total. The summed E-state index contributed by atoms with van der Waals surface area (Å²) in [6, 6.07) is -0.0689. The fraction of sp³-hybridized carbons (Fsp3) is 0.706. The number of aryl methyl sites for hydroxylation is 1. The van der Waals surface area contributed by atoms with E-state index in [1.807, 2.05) is 22.8 Å². The molecule has 25 heavy (non-hydrogen) atoms. The zero-order valence-corrected chi connectivity index (χ0v) is 15.1. The van der Waals surface area contributed by atoms with E-state index in [0.717, 1.165) is 57.5 Å². The van der Waals surface area contributed by atoms with Crippen LogP contribution in [0, 0.1) is 0 Å². The number of rotatable bonds is 4. The minimum Gasteiger partial charge on any atom is -0.340 e. The van der Waals surface area contributed by atoms with E-state index >= 15 is 0 Å². The van der Waals surface area contributed by atoms with Crippen LogP contribution in [0.4, 0.5) is 4.79 Å². The number of aromatic nitrogens is 2. The van der Waals surface area contributed by atoms with Gasteiger partial charge in [-0.25, -0.2) is 4.79 Å². The molecule has 1 aromatic heterocycles. The van der Waals surface area contributed by atoms with Crippen molar-refractivity contribution >= 4 is 11.9 Å². The predicted octanol–water partition coefficient (Wildman–Crippen LogP) is 0.261. The molecule has 0 saturated carbocycles. The normalized spacial score (nSPS) is 20.9. The van der Waals surface area contributed by atoms with Crippen LogP contribution in [0.15, 0.2) is 6.20 Å². The highest BCUT2D eigenvalue weighted by Gasteiger charge is 2.24. The van der Waals surface area contributed by atoms with Crippen LogP contribution < -0.4 is 10.6 Å². The van der Waals surface area contributed by atoms with E-state index in [4.69, 9.17) is 0 Å². The highest BCUT2D eigenvalue weighted by molar-refractivity contribution is 5.74. The van der Waals surface area contributed by atoms with Crippen molar-refractivity contribution < 1.29 is 9.59 Å². The van der Waals surface area contributed by atoms with Crippen molar-refractivity contribution in [1.29, 1.82) is 0 Å². The highest BCUT2D eigenvalue weighted by atomic mass is 16.2. The van der Waals surface area contributed by atoms with Crippen LogP contribution in [0.2, 0.25) is 0 Å². The number of amides is 3. The number of hydrogen-bond acceptors (Lipinski definition) is 4. The molecule has 2 aliphatic rings. The molecule has 2 heterocycles. The van der Waals surface area contributed by atoms with Gasteiger partial charge in [0.2, 0.25) is 5.91 Å². The van der Waals surface area contributed by atoms with Gasteiger partial charge in [-0.05, 0) is 19.3 Å². The Hall–Kier alpha value is -2.09. The molecule has 1 unspecified atom stereocenters. The van der Waals surface area contributed by atoms with Crippen LogP contribution in [0.25, 0.3) is 0 Å². The predicted molar refractivity (Wildman–Crippen MR) is 94.1 cm³/mol. The highest BCUT2D eigenvalue weighted by Crippen LogP contribution is 2.28. The molecule has 0 bridgehead atoms. The topological polar surface area (TPSA) is 82.5 Å². The van der Waals surface area contributed by atoms with Crippen LogP contribution in [0.1, 0.15) is 37.1 Å². The molecule has 138 valence electrons. The maximum atomic E-state index is 12.2. The Labute approximate surface area is 148 Å². The lowest BCUT2D eigenvalue weighted by Crippen LogP contribution is -2.50. The van der Waals surface area contributed by atoms with E-state index in [1.54, 1.807) is 6.92 Å². The summed E-state index contributed by atoms with van der Waals surface area (Å²) < 4.78 is 1.90. The summed E-state index contributed by atoms with van der Waals surface area (Å²) in [7, 11) is 1.95. The summed E-state index contributed by atoms with van der Waals surface area (Å²) in [5.74, 6) is 0.138. The molecule has 1 saturated heterocycles. The number of carbonyl (C=O) groups is 2. The van der Waals surface area contributed by atoms with Crippen LogP contribution in [-0.2, 0) is 18.3 Å². The zero-order valence-electron chi connectivity index (χ0n) is 15.1. The van der Waals surface area contributed by atoms with Gasteiger partial charge in [-0.2, -0.15) is 5.10 Å². The number of hydrogen-bond donors (Lipinski definition) is 2. The zero-order chi connectivity index (χ0) is 17.8. The van der Waals surface area contributed by atoms with Gasteiger partial charge in [-0.15, -0.1) is 0 Å². The van der Waals surface area contributed by atoms with E-state index in [0.29, 0.717) is 6.54 Å². The molecule has 1 atom stereocenters. The van der Waals surface area contributed by atoms with Gasteiger partial charge in [0.25, 0.3) is 0 Å². The van der Waals surface area contributed by atoms with Gasteiger partial charge in [0.1, 0.15) is 0 Å². The van der Waals surface area contributed by atoms with Crippen molar-refractivity contribution in [3.8, 4) is 0 Å². The Morgan fingerprint density at radius 1 is 1.28 bits per heavy atom. The Kier molecular flexibility index (Phi) is 5.57. The van der Waals surface area contributed by atoms with Crippen molar-refractivity contribution in [2.45, 2.75) is 32.2 Å². The second kappa shape index (κ2) is 7.86. The van der Waals surface area contributed by atoms with Gasteiger partial charge in [0.15, 0.2) is 0 Å². The minimum absolute atomic E-state index is 0.0524. The quantitative estimate of drug-likeness (QED) is 0.818. The fourth-order valence-corrected chi connectivity index (χ4v) is 3.68. The second-order valence-electron chi connectivity index (χ2n) is 6.86. The van der Waals surface area contributed by atoms with Gasteiger partial charge >= 0.3 is 6.03 Å². The maximum Gasteiger partial charge on any atom is 0.315 e. The molecule has 2 N–H and O–H groups in total. The van der Waals surface area contributed by atoms with E-state index in [-0.39, 0.29) is 18.0 Å². The second-order valence-corrected chi connectivity index (χ2v) is 6.86. The standard InChI is InChI=1S/C17H28N6O2/c1-13(24)23-10-8-22(9-11-23)7-6-18-17(25)20-15-4-3-5-16-14(15)12-19-21(16)2/h12,15H,3-11H2,1-2H3,(H2,18,20,25). The third-order valence-corrected chi connectivity index (χ3v) is 5.21. The van der Waals surface area contributed by atoms with Crippen LogP contribution in [-0.4, -0.2) is 70.8 Å². The summed E-state index contributed by atoms with van der Waals surface area (Å²) in [6.45, 7) is 6.30. The molecule has 3 rings (SSSR count). The summed E-state index contributed by atoms with van der Waals surface area (Å²) in [5.41, 5.74) is 2.36. The van der Waals surface area contributed by atoms with Crippen molar-refractivity contribution in [2.24, 2.45) is 7.05 Å².